The molecule has 1 saturated heterocycles. The zero-order valence-electron chi connectivity index (χ0n) is 16.5. The molecule has 1 aliphatic rings. The molecule has 0 amide bonds. The molecular formula is C21H31N5O. The molecule has 1 aromatic heterocycles. The van der Waals surface area contributed by atoms with Crippen LogP contribution in [0.3, 0.4) is 0 Å². The summed E-state index contributed by atoms with van der Waals surface area (Å²) in [6.45, 7) is 3.70. The fraction of sp³-hybridized carbons (Fsp3) is 0.524. The van der Waals surface area contributed by atoms with Crippen molar-refractivity contribution >= 4 is 5.96 Å². The number of hydrogen-bond acceptors (Lipinski definition) is 3. The highest BCUT2D eigenvalue weighted by Gasteiger charge is 2.15. The number of aromatic nitrogens is 2. The minimum atomic E-state index is 0.781. The molecule has 0 unspecified atom stereocenters. The molecule has 27 heavy (non-hydrogen) atoms. The minimum Gasteiger partial charge on any atom is -0.381 e. The van der Waals surface area contributed by atoms with Crippen molar-refractivity contribution in [3.8, 4) is 5.69 Å². The Hall–Kier alpha value is -2.34. The minimum absolute atomic E-state index is 0.781. The predicted molar refractivity (Wildman–Crippen MR) is 109 cm³/mol. The zero-order valence-corrected chi connectivity index (χ0v) is 16.5. The molecule has 0 atom stereocenters. The summed E-state index contributed by atoms with van der Waals surface area (Å²) in [4.78, 5) is 6.65. The summed E-state index contributed by atoms with van der Waals surface area (Å²) < 4.78 is 7.36. The molecule has 3 rings (SSSR count). The summed E-state index contributed by atoms with van der Waals surface area (Å²) in [7, 11) is 3.96. The number of guanidine groups is 1. The van der Waals surface area contributed by atoms with Crippen LogP contribution in [0.1, 0.15) is 24.8 Å². The summed E-state index contributed by atoms with van der Waals surface area (Å²) in [5.74, 6) is 1.74. The number of ether oxygens (including phenoxy) is 1. The van der Waals surface area contributed by atoms with Crippen LogP contribution in [-0.2, 0) is 11.2 Å². The van der Waals surface area contributed by atoms with E-state index in [1.54, 1.807) is 0 Å². The second-order valence-electron chi connectivity index (χ2n) is 7.12. The van der Waals surface area contributed by atoms with Crippen LogP contribution in [0, 0.1) is 5.92 Å². The van der Waals surface area contributed by atoms with E-state index < -0.39 is 0 Å². The predicted octanol–water partition coefficient (Wildman–Crippen LogP) is 2.74. The third-order valence-electron chi connectivity index (χ3n) is 5.14. The largest absolute Gasteiger partial charge is 0.381 e. The van der Waals surface area contributed by atoms with Crippen molar-refractivity contribution in [2.24, 2.45) is 10.9 Å². The highest BCUT2D eigenvalue weighted by atomic mass is 16.5. The highest BCUT2D eigenvalue weighted by Crippen LogP contribution is 2.18. The molecule has 146 valence electrons. The Bertz CT molecular complexity index is 706. The van der Waals surface area contributed by atoms with Crippen molar-refractivity contribution in [2.45, 2.75) is 25.7 Å². The van der Waals surface area contributed by atoms with Gasteiger partial charge >= 0.3 is 0 Å². The average Bonchev–Trinajstić information content (AvgIpc) is 3.20. The summed E-state index contributed by atoms with van der Waals surface area (Å²) in [6, 6.07) is 10.2. The Kier molecular flexibility index (Phi) is 7.27. The summed E-state index contributed by atoms with van der Waals surface area (Å²) in [6.07, 6.45) is 8.52. The lowest BCUT2D eigenvalue weighted by Crippen LogP contribution is -2.40. The molecule has 0 radical (unpaired) electrons. The Labute approximate surface area is 162 Å². The number of hydrogen-bond donors (Lipinski definition) is 1. The van der Waals surface area contributed by atoms with E-state index in [1.807, 2.05) is 36.1 Å². The molecule has 1 N–H and O–H groups in total. The van der Waals surface area contributed by atoms with Crippen molar-refractivity contribution in [3.05, 3.63) is 48.3 Å². The Morgan fingerprint density at radius 2 is 2.07 bits per heavy atom. The van der Waals surface area contributed by atoms with E-state index in [1.165, 1.54) is 24.8 Å². The van der Waals surface area contributed by atoms with Crippen LogP contribution in [0.5, 0.6) is 0 Å². The molecule has 2 heterocycles. The number of aliphatic imine (C=N–C) groups is 1. The van der Waals surface area contributed by atoms with Gasteiger partial charge in [0.25, 0.3) is 0 Å². The first-order valence-electron chi connectivity index (χ1n) is 9.85. The van der Waals surface area contributed by atoms with Gasteiger partial charge in [0.15, 0.2) is 5.96 Å². The molecule has 6 nitrogen and oxygen atoms in total. The van der Waals surface area contributed by atoms with Gasteiger partial charge in [0.2, 0.25) is 0 Å². The van der Waals surface area contributed by atoms with Crippen LogP contribution < -0.4 is 5.32 Å². The third kappa shape index (κ3) is 5.82. The maximum Gasteiger partial charge on any atom is 0.193 e. The third-order valence-corrected chi connectivity index (χ3v) is 5.14. The van der Waals surface area contributed by atoms with Crippen LogP contribution in [0.25, 0.3) is 5.69 Å². The number of rotatable bonds is 7. The van der Waals surface area contributed by atoms with E-state index in [0.717, 1.165) is 50.3 Å². The lowest BCUT2D eigenvalue weighted by Gasteiger charge is -2.26. The van der Waals surface area contributed by atoms with Gasteiger partial charge in [0.05, 0.1) is 11.9 Å². The van der Waals surface area contributed by atoms with Crippen molar-refractivity contribution in [1.82, 2.24) is 20.0 Å². The van der Waals surface area contributed by atoms with Gasteiger partial charge in [-0.1, -0.05) is 18.2 Å². The zero-order chi connectivity index (χ0) is 18.9. The molecule has 0 bridgehead atoms. The maximum absolute atomic E-state index is 5.44. The highest BCUT2D eigenvalue weighted by molar-refractivity contribution is 5.79. The summed E-state index contributed by atoms with van der Waals surface area (Å²) >= 11 is 0. The van der Waals surface area contributed by atoms with Gasteiger partial charge < -0.3 is 15.0 Å². The van der Waals surface area contributed by atoms with Crippen molar-refractivity contribution in [1.29, 1.82) is 0 Å². The number of nitrogens with zero attached hydrogens (tertiary/aromatic N) is 4. The molecule has 0 aliphatic carbocycles. The quantitative estimate of drug-likeness (QED) is 0.602. The molecule has 1 aromatic carbocycles. The molecule has 2 aromatic rings. The standard InChI is InChI=1S/C21H31N5O/c1-22-21(25(2)13-9-18-10-14-27-15-11-18)23-12-8-19-16-24-26(17-19)20-6-4-3-5-7-20/h3-7,16-18H,8-15H2,1-2H3,(H,22,23). The molecule has 1 aliphatic heterocycles. The number of benzene rings is 1. The molecule has 0 saturated carbocycles. The van der Waals surface area contributed by atoms with Gasteiger partial charge in [0.1, 0.15) is 0 Å². The Morgan fingerprint density at radius 1 is 1.30 bits per heavy atom. The fourth-order valence-electron chi connectivity index (χ4n) is 3.43. The van der Waals surface area contributed by atoms with E-state index in [0.29, 0.717) is 0 Å². The molecule has 0 spiro atoms. The van der Waals surface area contributed by atoms with Crippen LogP contribution in [0.4, 0.5) is 0 Å². The van der Waals surface area contributed by atoms with E-state index in [4.69, 9.17) is 4.74 Å². The van der Waals surface area contributed by atoms with Crippen LogP contribution in [0.15, 0.2) is 47.7 Å². The second kappa shape index (κ2) is 10.1. The van der Waals surface area contributed by atoms with Crippen LogP contribution in [-0.4, -0.2) is 61.0 Å². The Balaban J connectivity index is 1.42. The number of nitrogens with one attached hydrogen (secondary N) is 1. The number of para-hydroxylation sites is 1. The first kappa shape index (κ1) is 19.4. The topological polar surface area (TPSA) is 54.7 Å². The second-order valence-corrected chi connectivity index (χ2v) is 7.12. The monoisotopic (exact) mass is 369 g/mol. The van der Waals surface area contributed by atoms with Gasteiger partial charge in [-0.2, -0.15) is 5.10 Å². The average molecular weight is 370 g/mol. The first-order chi connectivity index (χ1) is 13.3. The van der Waals surface area contributed by atoms with Gasteiger partial charge in [-0.05, 0) is 49.3 Å². The van der Waals surface area contributed by atoms with Gasteiger partial charge in [0, 0.05) is 46.6 Å². The van der Waals surface area contributed by atoms with E-state index in [2.05, 4.69) is 45.7 Å². The normalized spacial score (nSPS) is 15.7. The molecule has 6 heteroatoms. The van der Waals surface area contributed by atoms with E-state index in [9.17, 15) is 0 Å². The smallest absolute Gasteiger partial charge is 0.193 e. The maximum atomic E-state index is 5.44. The van der Waals surface area contributed by atoms with Crippen LogP contribution in [0.2, 0.25) is 0 Å². The molecular weight excluding hydrogens is 338 g/mol. The first-order valence-corrected chi connectivity index (χ1v) is 9.85. The van der Waals surface area contributed by atoms with Crippen LogP contribution >= 0.6 is 0 Å². The lowest BCUT2D eigenvalue weighted by molar-refractivity contribution is 0.0625. The summed E-state index contributed by atoms with van der Waals surface area (Å²) in [5.41, 5.74) is 2.30. The summed E-state index contributed by atoms with van der Waals surface area (Å²) in [5, 5.41) is 7.93. The van der Waals surface area contributed by atoms with Gasteiger partial charge in [-0.3, -0.25) is 4.99 Å². The molecule has 1 fully saturated rings. The van der Waals surface area contributed by atoms with Crippen molar-refractivity contribution in [3.63, 3.8) is 0 Å². The lowest BCUT2D eigenvalue weighted by atomic mass is 9.96. The fourth-order valence-corrected chi connectivity index (χ4v) is 3.43. The van der Waals surface area contributed by atoms with Crippen molar-refractivity contribution in [2.75, 3.05) is 40.4 Å². The van der Waals surface area contributed by atoms with E-state index >= 15 is 0 Å². The van der Waals surface area contributed by atoms with Gasteiger partial charge in [-0.15, -0.1) is 0 Å². The van der Waals surface area contributed by atoms with Gasteiger partial charge in [-0.25, -0.2) is 4.68 Å². The van der Waals surface area contributed by atoms with Crippen molar-refractivity contribution < 1.29 is 4.74 Å². The van der Waals surface area contributed by atoms with E-state index in [-0.39, 0.29) is 0 Å². The Morgan fingerprint density at radius 3 is 2.81 bits per heavy atom. The SMILES string of the molecule is CN=C(NCCc1cnn(-c2ccccc2)c1)N(C)CCC1CCOCC1.